The van der Waals surface area contributed by atoms with E-state index in [0.29, 0.717) is 30.4 Å². The SMILES string of the molecule is Cc1noc([C@@H]2CN(Cc3cccc(F)c3F)CCN2C)n1. The highest BCUT2D eigenvalue weighted by atomic mass is 19.2. The number of hydrogen-bond acceptors (Lipinski definition) is 5. The van der Waals surface area contributed by atoms with E-state index >= 15 is 0 Å². The topological polar surface area (TPSA) is 45.4 Å². The minimum atomic E-state index is -0.810. The normalized spacial score (nSPS) is 20.5. The van der Waals surface area contributed by atoms with Gasteiger partial charge in [-0.25, -0.2) is 8.78 Å². The Kier molecular flexibility index (Phi) is 4.17. The van der Waals surface area contributed by atoms with E-state index in [1.54, 1.807) is 13.0 Å². The Balaban J connectivity index is 1.74. The predicted molar refractivity (Wildman–Crippen MR) is 76.0 cm³/mol. The van der Waals surface area contributed by atoms with Crippen molar-refractivity contribution in [1.29, 1.82) is 0 Å². The number of aryl methyl sites for hydroxylation is 1. The fourth-order valence-electron chi connectivity index (χ4n) is 2.70. The fourth-order valence-corrected chi connectivity index (χ4v) is 2.70. The molecule has 0 unspecified atom stereocenters. The first kappa shape index (κ1) is 15.1. The molecule has 1 aliphatic rings. The van der Waals surface area contributed by atoms with Crippen molar-refractivity contribution < 1.29 is 13.3 Å². The van der Waals surface area contributed by atoms with Crippen molar-refractivity contribution in [3.63, 3.8) is 0 Å². The molecule has 0 saturated carbocycles. The molecule has 118 valence electrons. The minimum absolute atomic E-state index is 0.0356. The lowest BCUT2D eigenvalue weighted by Gasteiger charge is -2.37. The third kappa shape index (κ3) is 3.00. The van der Waals surface area contributed by atoms with Gasteiger partial charge in [-0.1, -0.05) is 17.3 Å². The van der Waals surface area contributed by atoms with Gasteiger partial charge in [-0.15, -0.1) is 0 Å². The van der Waals surface area contributed by atoms with Gasteiger partial charge in [0.15, 0.2) is 17.5 Å². The Bertz CT molecular complexity index is 661. The lowest BCUT2D eigenvalue weighted by molar-refractivity contribution is 0.0707. The molecule has 0 aliphatic carbocycles. The van der Waals surface area contributed by atoms with Crippen LogP contribution in [-0.2, 0) is 6.54 Å². The average Bonchev–Trinajstić information content (AvgIpc) is 2.92. The summed E-state index contributed by atoms with van der Waals surface area (Å²) in [6.07, 6.45) is 0. The number of hydrogen-bond donors (Lipinski definition) is 0. The number of halogens is 2. The summed E-state index contributed by atoms with van der Waals surface area (Å²) in [5.41, 5.74) is 0.366. The second kappa shape index (κ2) is 6.10. The third-order valence-corrected chi connectivity index (χ3v) is 3.99. The number of piperazine rings is 1. The second-order valence-corrected chi connectivity index (χ2v) is 5.62. The maximum absolute atomic E-state index is 13.8. The quantitative estimate of drug-likeness (QED) is 0.869. The van der Waals surface area contributed by atoms with Crippen molar-refractivity contribution in [2.45, 2.75) is 19.5 Å². The number of aromatic nitrogens is 2. The molecule has 1 fully saturated rings. The zero-order chi connectivity index (χ0) is 15.7. The first-order valence-electron chi connectivity index (χ1n) is 7.20. The van der Waals surface area contributed by atoms with Crippen LogP contribution in [0.15, 0.2) is 22.7 Å². The van der Waals surface area contributed by atoms with E-state index in [0.717, 1.165) is 19.2 Å². The molecule has 5 nitrogen and oxygen atoms in total. The van der Waals surface area contributed by atoms with Crippen LogP contribution in [0.5, 0.6) is 0 Å². The Hall–Kier alpha value is -1.86. The maximum atomic E-state index is 13.8. The third-order valence-electron chi connectivity index (χ3n) is 3.99. The largest absolute Gasteiger partial charge is 0.338 e. The Morgan fingerprint density at radius 2 is 2.14 bits per heavy atom. The highest BCUT2D eigenvalue weighted by Crippen LogP contribution is 2.24. The standard InChI is InChI=1S/C15H18F2N4O/c1-10-18-15(22-19-10)13-9-21(7-6-20(13)2)8-11-4-3-5-12(16)14(11)17/h3-5,13H,6-9H2,1-2H3/t13-/m0/s1. The predicted octanol–water partition coefficient (Wildman–Crippen LogP) is 2.14. The van der Waals surface area contributed by atoms with Crippen LogP contribution in [-0.4, -0.2) is 46.6 Å². The molecular weight excluding hydrogens is 290 g/mol. The van der Waals surface area contributed by atoms with Gasteiger partial charge >= 0.3 is 0 Å². The van der Waals surface area contributed by atoms with Gasteiger partial charge < -0.3 is 4.52 Å². The van der Waals surface area contributed by atoms with Crippen LogP contribution in [0.2, 0.25) is 0 Å². The molecule has 2 heterocycles. The van der Waals surface area contributed by atoms with Crippen molar-refractivity contribution in [3.8, 4) is 0 Å². The van der Waals surface area contributed by atoms with Crippen molar-refractivity contribution >= 4 is 0 Å². The molecule has 0 spiro atoms. The van der Waals surface area contributed by atoms with Gasteiger partial charge in [0, 0.05) is 31.7 Å². The summed E-state index contributed by atoms with van der Waals surface area (Å²) in [6, 6.07) is 4.24. The zero-order valence-electron chi connectivity index (χ0n) is 12.6. The summed E-state index contributed by atoms with van der Waals surface area (Å²) >= 11 is 0. The molecule has 7 heteroatoms. The van der Waals surface area contributed by atoms with Crippen molar-refractivity contribution in [1.82, 2.24) is 19.9 Å². The average molecular weight is 308 g/mol. The molecule has 1 aromatic carbocycles. The highest BCUT2D eigenvalue weighted by molar-refractivity contribution is 5.19. The fraction of sp³-hybridized carbons (Fsp3) is 0.467. The summed E-state index contributed by atoms with van der Waals surface area (Å²) in [4.78, 5) is 8.48. The second-order valence-electron chi connectivity index (χ2n) is 5.62. The Morgan fingerprint density at radius 3 is 2.86 bits per heavy atom. The zero-order valence-corrected chi connectivity index (χ0v) is 12.6. The minimum Gasteiger partial charge on any atom is -0.338 e. The van der Waals surface area contributed by atoms with E-state index in [1.165, 1.54) is 6.07 Å². The van der Waals surface area contributed by atoms with Gasteiger partial charge in [-0.2, -0.15) is 4.98 Å². The van der Waals surface area contributed by atoms with Gasteiger partial charge in [-0.05, 0) is 20.0 Å². The molecule has 1 saturated heterocycles. The van der Waals surface area contributed by atoms with Crippen LogP contribution in [0.4, 0.5) is 8.78 Å². The maximum Gasteiger partial charge on any atom is 0.245 e. The van der Waals surface area contributed by atoms with Gasteiger partial charge in [-0.3, -0.25) is 9.80 Å². The smallest absolute Gasteiger partial charge is 0.245 e. The number of nitrogens with zero attached hydrogens (tertiary/aromatic N) is 4. The van der Waals surface area contributed by atoms with Crippen LogP contribution in [0.3, 0.4) is 0 Å². The Morgan fingerprint density at radius 1 is 1.32 bits per heavy atom. The molecule has 1 aliphatic heterocycles. The van der Waals surface area contributed by atoms with Crippen LogP contribution in [0.1, 0.15) is 23.3 Å². The Labute approximate surface area is 127 Å². The molecule has 0 amide bonds. The van der Waals surface area contributed by atoms with E-state index in [1.807, 2.05) is 7.05 Å². The summed E-state index contributed by atoms with van der Waals surface area (Å²) in [7, 11) is 1.99. The van der Waals surface area contributed by atoms with E-state index in [4.69, 9.17) is 4.52 Å². The highest BCUT2D eigenvalue weighted by Gasteiger charge is 2.30. The van der Waals surface area contributed by atoms with Gasteiger partial charge in [0.05, 0.1) is 0 Å². The van der Waals surface area contributed by atoms with Crippen LogP contribution < -0.4 is 0 Å². The van der Waals surface area contributed by atoms with Crippen molar-refractivity contribution in [2.24, 2.45) is 0 Å². The summed E-state index contributed by atoms with van der Waals surface area (Å²) in [6.45, 7) is 4.34. The first-order chi connectivity index (χ1) is 10.5. The lowest BCUT2D eigenvalue weighted by Crippen LogP contribution is -2.46. The van der Waals surface area contributed by atoms with Crippen molar-refractivity contribution in [2.75, 3.05) is 26.7 Å². The van der Waals surface area contributed by atoms with Crippen molar-refractivity contribution in [3.05, 3.63) is 47.1 Å². The van der Waals surface area contributed by atoms with E-state index in [9.17, 15) is 8.78 Å². The number of benzene rings is 1. The summed E-state index contributed by atoms with van der Waals surface area (Å²) in [5.74, 6) is -0.427. The van der Waals surface area contributed by atoms with Gasteiger partial charge in [0.25, 0.3) is 0 Å². The van der Waals surface area contributed by atoms with E-state index < -0.39 is 11.6 Å². The van der Waals surface area contributed by atoms with E-state index in [-0.39, 0.29) is 6.04 Å². The lowest BCUT2D eigenvalue weighted by atomic mass is 10.1. The molecule has 22 heavy (non-hydrogen) atoms. The molecule has 0 bridgehead atoms. The molecule has 3 rings (SSSR count). The molecular formula is C15H18F2N4O. The molecule has 0 N–H and O–H groups in total. The number of rotatable bonds is 3. The molecule has 0 radical (unpaired) electrons. The van der Waals surface area contributed by atoms with Gasteiger partial charge in [0.1, 0.15) is 6.04 Å². The van der Waals surface area contributed by atoms with Crippen LogP contribution in [0, 0.1) is 18.6 Å². The first-order valence-corrected chi connectivity index (χ1v) is 7.20. The van der Waals surface area contributed by atoms with Gasteiger partial charge in [0.2, 0.25) is 5.89 Å². The molecule has 1 atom stereocenters. The van der Waals surface area contributed by atoms with Crippen LogP contribution >= 0.6 is 0 Å². The molecule has 2 aromatic rings. The van der Waals surface area contributed by atoms with Crippen LogP contribution in [0.25, 0.3) is 0 Å². The summed E-state index contributed by atoms with van der Waals surface area (Å²) < 4.78 is 32.4. The molecule has 1 aromatic heterocycles. The number of likely N-dealkylation sites (N-methyl/N-ethyl adjacent to an activating group) is 1. The monoisotopic (exact) mass is 308 g/mol. The van der Waals surface area contributed by atoms with E-state index in [2.05, 4.69) is 19.9 Å². The summed E-state index contributed by atoms with van der Waals surface area (Å²) in [5, 5.41) is 3.82.